The Morgan fingerprint density at radius 3 is 2.59 bits per heavy atom. The zero-order valence-electron chi connectivity index (χ0n) is 16.2. The maximum atomic E-state index is 13.0. The highest BCUT2D eigenvalue weighted by molar-refractivity contribution is 5.94. The highest BCUT2D eigenvalue weighted by Crippen LogP contribution is 2.22. The monoisotopic (exact) mass is 362 g/mol. The molecule has 2 aromatic carbocycles. The first kappa shape index (κ1) is 17.7. The van der Waals surface area contributed by atoms with Crippen LogP contribution < -0.4 is 0 Å². The second kappa shape index (κ2) is 7.16. The van der Waals surface area contributed by atoms with Crippen molar-refractivity contribution in [3.8, 4) is 5.69 Å². The standard InChI is InChI=1S/C22H26N4O/c1-4-25(19-13-14-24(3)15-19)22(27)17-9-11-18(12-10-17)26-16(2)23-20-7-5-6-8-21(20)26/h5-12,19H,4,13-15H2,1-3H3/t19-/m1/s1. The van der Waals surface area contributed by atoms with E-state index in [4.69, 9.17) is 0 Å². The second-order valence-electron chi connectivity index (χ2n) is 7.33. The Hall–Kier alpha value is -2.66. The Morgan fingerprint density at radius 1 is 1.19 bits per heavy atom. The van der Waals surface area contributed by atoms with Crippen molar-refractivity contribution in [1.82, 2.24) is 19.4 Å². The van der Waals surface area contributed by atoms with Crippen LogP contribution in [0.25, 0.3) is 16.7 Å². The van der Waals surface area contributed by atoms with E-state index in [-0.39, 0.29) is 5.91 Å². The molecule has 0 spiro atoms. The SMILES string of the molecule is CCN(C(=O)c1ccc(-n2c(C)nc3ccccc32)cc1)[C@@H]1CCN(C)C1. The van der Waals surface area contributed by atoms with Gasteiger partial charge in [-0.1, -0.05) is 12.1 Å². The number of fused-ring (bicyclic) bond motifs is 1. The van der Waals surface area contributed by atoms with Crippen LogP contribution in [0.3, 0.4) is 0 Å². The Morgan fingerprint density at radius 2 is 1.93 bits per heavy atom. The molecule has 0 bridgehead atoms. The van der Waals surface area contributed by atoms with Crippen molar-refractivity contribution < 1.29 is 4.79 Å². The third kappa shape index (κ3) is 3.23. The van der Waals surface area contributed by atoms with E-state index in [1.54, 1.807) is 0 Å². The summed E-state index contributed by atoms with van der Waals surface area (Å²) in [5.74, 6) is 1.07. The zero-order valence-corrected chi connectivity index (χ0v) is 16.2. The number of carbonyl (C=O) groups excluding carboxylic acids is 1. The lowest BCUT2D eigenvalue weighted by Crippen LogP contribution is -2.41. The summed E-state index contributed by atoms with van der Waals surface area (Å²) in [4.78, 5) is 22.0. The van der Waals surface area contributed by atoms with Gasteiger partial charge < -0.3 is 9.80 Å². The molecule has 5 nitrogen and oxygen atoms in total. The predicted octanol–water partition coefficient (Wildman–Crippen LogP) is 3.50. The molecule has 0 saturated carbocycles. The number of imidazole rings is 1. The van der Waals surface area contributed by atoms with Crippen molar-refractivity contribution in [2.75, 3.05) is 26.7 Å². The van der Waals surface area contributed by atoms with Crippen molar-refractivity contribution in [2.45, 2.75) is 26.3 Å². The van der Waals surface area contributed by atoms with Crippen molar-refractivity contribution in [2.24, 2.45) is 0 Å². The van der Waals surface area contributed by atoms with Gasteiger partial charge in [0.25, 0.3) is 5.91 Å². The van der Waals surface area contributed by atoms with Crippen LogP contribution in [0.4, 0.5) is 0 Å². The second-order valence-corrected chi connectivity index (χ2v) is 7.33. The van der Waals surface area contributed by atoms with E-state index in [0.717, 1.165) is 54.2 Å². The van der Waals surface area contributed by atoms with Gasteiger partial charge in [-0.25, -0.2) is 4.98 Å². The fourth-order valence-electron chi connectivity index (χ4n) is 4.13. The van der Waals surface area contributed by atoms with Crippen LogP contribution in [0, 0.1) is 6.92 Å². The number of nitrogens with zero attached hydrogens (tertiary/aromatic N) is 4. The summed E-state index contributed by atoms with van der Waals surface area (Å²) in [6.45, 7) is 6.82. The molecular weight excluding hydrogens is 336 g/mol. The van der Waals surface area contributed by atoms with Gasteiger partial charge in [0.15, 0.2) is 0 Å². The third-order valence-electron chi connectivity index (χ3n) is 5.51. The van der Waals surface area contributed by atoms with E-state index in [1.165, 1.54) is 0 Å². The van der Waals surface area contributed by atoms with Gasteiger partial charge in [0.2, 0.25) is 0 Å². The van der Waals surface area contributed by atoms with Crippen LogP contribution in [0.15, 0.2) is 48.5 Å². The van der Waals surface area contributed by atoms with Gasteiger partial charge >= 0.3 is 0 Å². The number of para-hydroxylation sites is 2. The molecule has 0 radical (unpaired) electrons. The number of hydrogen-bond acceptors (Lipinski definition) is 3. The number of benzene rings is 2. The van der Waals surface area contributed by atoms with Crippen LogP contribution in [0.2, 0.25) is 0 Å². The predicted molar refractivity (Wildman–Crippen MR) is 108 cm³/mol. The summed E-state index contributed by atoms with van der Waals surface area (Å²) in [7, 11) is 2.12. The fraction of sp³-hybridized carbons (Fsp3) is 0.364. The molecule has 0 N–H and O–H groups in total. The van der Waals surface area contributed by atoms with Gasteiger partial charge in [0.1, 0.15) is 5.82 Å². The van der Waals surface area contributed by atoms with E-state index in [2.05, 4.69) is 34.5 Å². The minimum atomic E-state index is 0.122. The van der Waals surface area contributed by atoms with Crippen molar-refractivity contribution >= 4 is 16.9 Å². The molecule has 3 aromatic rings. The highest BCUT2D eigenvalue weighted by atomic mass is 16.2. The number of likely N-dealkylation sites (N-methyl/N-ethyl adjacent to an activating group) is 2. The lowest BCUT2D eigenvalue weighted by molar-refractivity contribution is 0.0696. The van der Waals surface area contributed by atoms with Gasteiger partial charge in [0, 0.05) is 30.4 Å². The summed E-state index contributed by atoms with van der Waals surface area (Å²) in [6.07, 6.45) is 1.05. The van der Waals surface area contributed by atoms with E-state index in [1.807, 2.05) is 54.3 Å². The number of rotatable bonds is 4. The number of amides is 1. The fourth-order valence-corrected chi connectivity index (χ4v) is 4.13. The van der Waals surface area contributed by atoms with Crippen molar-refractivity contribution in [3.63, 3.8) is 0 Å². The Kier molecular flexibility index (Phi) is 4.70. The van der Waals surface area contributed by atoms with Crippen LogP contribution in [0.5, 0.6) is 0 Å². The Labute approximate surface area is 160 Å². The minimum absolute atomic E-state index is 0.122. The molecule has 1 fully saturated rings. The number of carbonyl (C=O) groups is 1. The average Bonchev–Trinajstić information content (AvgIpc) is 3.25. The van der Waals surface area contributed by atoms with Crippen LogP contribution >= 0.6 is 0 Å². The van der Waals surface area contributed by atoms with E-state index in [0.29, 0.717) is 6.04 Å². The largest absolute Gasteiger partial charge is 0.335 e. The van der Waals surface area contributed by atoms with Crippen molar-refractivity contribution in [3.05, 3.63) is 59.9 Å². The summed E-state index contributed by atoms with van der Waals surface area (Å²) in [5.41, 5.74) is 3.84. The first-order valence-electron chi connectivity index (χ1n) is 9.62. The first-order chi connectivity index (χ1) is 13.1. The molecule has 5 heteroatoms. The lowest BCUT2D eigenvalue weighted by atomic mass is 10.1. The van der Waals surface area contributed by atoms with Gasteiger partial charge in [-0.3, -0.25) is 9.36 Å². The molecule has 4 rings (SSSR count). The molecule has 1 aliphatic heterocycles. The quantitative estimate of drug-likeness (QED) is 0.713. The molecule has 1 saturated heterocycles. The molecule has 1 atom stereocenters. The smallest absolute Gasteiger partial charge is 0.254 e. The molecule has 2 heterocycles. The number of hydrogen-bond donors (Lipinski definition) is 0. The van der Waals surface area contributed by atoms with E-state index in [9.17, 15) is 4.79 Å². The molecule has 27 heavy (non-hydrogen) atoms. The number of likely N-dealkylation sites (tertiary alicyclic amines) is 1. The minimum Gasteiger partial charge on any atom is -0.335 e. The third-order valence-corrected chi connectivity index (χ3v) is 5.51. The normalized spacial score (nSPS) is 17.5. The Balaban J connectivity index is 1.61. The van der Waals surface area contributed by atoms with E-state index < -0.39 is 0 Å². The van der Waals surface area contributed by atoms with Crippen LogP contribution in [0.1, 0.15) is 29.5 Å². The summed E-state index contributed by atoms with van der Waals surface area (Å²) >= 11 is 0. The summed E-state index contributed by atoms with van der Waals surface area (Å²) in [5, 5.41) is 0. The Bertz CT molecular complexity index is 960. The summed E-state index contributed by atoms with van der Waals surface area (Å²) < 4.78 is 2.13. The lowest BCUT2D eigenvalue weighted by Gasteiger charge is -2.28. The van der Waals surface area contributed by atoms with E-state index >= 15 is 0 Å². The van der Waals surface area contributed by atoms with Crippen LogP contribution in [-0.4, -0.2) is 58.0 Å². The van der Waals surface area contributed by atoms with Gasteiger partial charge in [-0.2, -0.15) is 0 Å². The molecule has 1 aliphatic rings. The molecule has 0 aliphatic carbocycles. The average molecular weight is 362 g/mol. The van der Waals surface area contributed by atoms with Crippen molar-refractivity contribution in [1.29, 1.82) is 0 Å². The number of aromatic nitrogens is 2. The van der Waals surface area contributed by atoms with Gasteiger partial charge in [0.05, 0.1) is 11.0 Å². The van der Waals surface area contributed by atoms with Crippen LogP contribution in [-0.2, 0) is 0 Å². The topological polar surface area (TPSA) is 41.4 Å². The zero-order chi connectivity index (χ0) is 19.0. The summed E-state index contributed by atoms with van der Waals surface area (Å²) in [6, 6.07) is 16.3. The molecule has 140 valence electrons. The first-order valence-corrected chi connectivity index (χ1v) is 9.62. The molecular formula is C22H26N4O. The maximum absolute atomic E-state index is 13.0. The molecule has 1 amide bonds. The maximum Gasteiger partial charge on any atom is 0.254 e. The molecule has 0 unspecified atom stereocenters. The van der Waals surface area contributed by atoms with Gasteiger partial charge in [-0.05, 0) is 70.3 Å². The number of aryl methyl sites for hydroxylation is 1. The van der Waals surface area contributed by atoms with Gasteiger partial charge in [-0.15, -0.1) is 0 Å². The molecule has 1 aromatic heterocycles. The highest BCUT2D eigenvalue weighted by Gasteiger charge is 2.28.